The van der Waals surface area contributed by atoms with Gasteiger partial charge in [0.05, 0.1) is 11.4 Å². The highest BCUT2D eigenvalue weighted by Crippen LogP contribution is 2.27. The first-order valence-corrected chi connectivity index (χ1v) is 7.85. The van der Waals surface area contributed by atoms with Gasteiger partial charge in [-0.15, -0.1) is 0 Å². The topological polar surface area (TPSA) is 46.3 Å². The van der Waals surface area contributed by atoms with Crippen molar-refractivity contribution in [3.63, 3.8) is 0 Å². The van der Waals surface area contributed by atoms with Crippen LogP contribution in [0.1, 0.15) is 25.0 Å². The van der Waals surface area contributed by atoms with E-state index in [0.29, 0.717) is 0 Å². The van der Waals surface area contributed by atoms with Crippen LogP contribution in [-0.4, -0.2) is 32.7 Å². The Labute approximate surface area is 129 Å². The van der Waals surface area contributed by atoms with Crippen LogP contribution in [0.3, 0.4) is 0 Å². The highest BCUT2D eigenvalue weighted by molar-refractivity contribution is 5.68. The number of hydrogen-bond acceptors (Lipinski definition) is 4. The largest absolute Gasteiger partial charge is 0.357 e. The van der Waals surface area contributed by atoms with Crippen LogP contribution < -0.4 is 4.90 Å². The second kappa shape index (κ2) is 5.40. The van der Waals surface area contributed by atoms with Crippen LogP contribution in [-0.2, 0) is 0 Å². The molecule has 22 heavy (non-hydrogen) atoms. The Morgan fingerprint density at radius 3 is 2.77 bits per heavy atom. The van der Waals surface area contributed by atoms with Gasteiger partial charge in [-0.1, -0.05) is 0 Å². The van der Waals surface area contributed by atoms with Gasteiger partial charge in [-0.2, -0.15) is 5.10 Å². The van der Waals surface area contributed by atoms with Crippen LogP contribution >= 0.6 is 0 Å². The maximum Gasteiger partial charge on any atom is 0.154 e. The number of imidazole rings is 1. The van der Waals surface area contributed by atoms with Crippen molar-refractivity contribution < 1.29 is 0 Å². The van der Waals surface area contributed by atoms with E-state index in [-0.39, 0.29) is 0 Å². The second-order valence-electron chi connectivity index (χ2n) is 5.79. The van der Waals surface area contributed by atoms with Crippen molar-refractivity contribution in [1.29, 1.82) is 0 Å². The van der Waals surface area contributed by atoms with Gasteiger partial charge in [-0.05, 0) is 50.5 Å². The average molecular weight is 293 g/mol. The van der Waals surface area contributed by atoms with E-state index in [2.05, 4.69) is 26.0 Å². The van der Waals surface area contributed by atoms with E-state index >= 15 is 0 Å². The Kier molecular flexibility index (Phi) is 3.25. The Balaban J connectivity index is 1.80. The fourth-order valence-electron chi connectivity index (χ4n) is 3.19. The van der Waals surface area contributed by atoms with Crippen LogP contribution in [0, 0.1) is 6.92 Å². The third kappa shape index (κ3) is 2.22. The van der Waals surface area contributed by atoms with Crippen LogP contribution in [0.25, 0.3) is 16.9 Å². The summed E-state index contributed by atoms with van der Waals surface area (Å²) in [6.07, 6.45) is 7.52. The van der Waals surface area contributed by atoms with E-state index < -0.39 is 0 Å². The highest BCUT2D eigenvalue weighted by atomic mass is 15.3. The molecule has 1 aliphatic heterocycles. The molecule has 0 radical (unpaired) electrons. The van der Waals surface area contributed by atoms with Gasteiger partial charge < -0.3 is 4.90 Å². The summed E-state index contributed by atoms with van der Waals surface area (Å²) in [6.45, 7) is 4.23. The normalized spacial score (nSPS) is 15.4. The molecule has 112 valence electrons. The lowest BCUT2D eigenvalue weighted by atomic mass is 10.1. The highest BCUT2D eigenvalue weighted by Gasteiger charge is 2.16. The van der Waals surface area contributed by atoms with E-state index in [1.807, 2.05) is 35.8 Å². The second-order valence-corrected chi connectivity index (χ2v) is 5.79. The molecule has 1 saturated heterocycles. The predicted octanol–water partition coefficient (Wildman–Crippen LogP) is 3.09. The first-order chi connectivity index (χ1) is 10.8. The molecule has 0 aromatic carbocycles. The van der Waals surface area contributed by atoms with Crippen molar-refractivity contribution >= 4 is 11.5 Å². The van der Waals surface area contributed by atoms with Gasteiger partial charge in [0.2, 0.25) is 0 Å². The van der Waals surface area contributed by atoms with Crippen molar-refractivity contribution in [2.45, 2.75) is 26.2 Å². The number of nitrogens with zero attached hydrogens (tertiary/aromatic N) is 5. The minimum atomic E-state index is 0.881. The van der Waals surface area contributed by atoms with Gasteiger partial charge in [0.25, 0.3) is 0 Å². The number of aryl methyl sites for hydroxylation is 1. The molecular weight excluding hydrogens is 274 g/mol. The maximum atomic E-state index is 4.60. The van der Waals surface area contributed by atoms with E-state index in [1.165, 1.54) is 19.3 Å². The van der Waals surface area contributed by atoms with E-state index in [4.69, 9.17) is 0 Å². The monoisotopic (exact) mass is 293 g/mol. The van der Waals surface area contributed by atoms with Gasteiger partial charge in [-0.25, -0.2) is 14.5 Å². The number of rotatable bonds is 2. The predicted molar refractivity (Wildman–Crippen MR) is 87.0 cm³/mol. The average Bonchev–Trinajstić information content (AvgIpc) is 2.91. The molecule has 5 nitrogen and oxygen atoms in total. The number of fused-ring (bicyclic) bond motifs is 1. The third-order valence-corrected chi connectivity index (χ3v) is 4.27. The van der Waals surface area contributed by atoms with E-state index in [0.717, 1.165) is 41.5 Å². The lowest BCUT2D eigenvalue weighted by Gasteiger charge is -2.27. The Morgan fingerprint density at radius 1 is 1.05 bits per heavy atom. The number of piperidine rings is 1. The zero-order chi connectivity index (χ0) is 14.9. The van der Waals surface area contributed by atoms with Crippen molar-refractivity contribution in [2.24, 2.45) is 0 Å². The molecule has 0 unspecified atom stereocenters. The van der Waals surface area contributed by atoms with Crippen LogP contribution in [0.4, 0.5) is 5.82 Å². The Hall–Kier alpha value is -2.43. The van der Waals surface area contributed by atoms with Crippen LogP contribution in [0.2, 0.25) is 0 Å². The standard InChI is InChI=1S/C17H19N5/c1-13-17(22-15(20-13)6-5-8-19-22)14-7-9-18-16(12-14)21-10-3-2-4-11-21/h5-9,12H,2-4,10-11H2,1H3. The fourth-order valence-corrected chi connectivity index (χ4v) is 3.19. The molecule has 1 aliphatic rings. The Morgan fingerprint density at radius 2 is 1.91 bits per heavy atom. The number of pyridine rings is 1. The van der Waals surface area contributed by atoms with Gasteiger partial charge in [0.1, 0.15) is 5.82 Å². The summed E-state index contributed by atoms with van der Waals surface area (Å²) in [5.74, 6) is 1.06. The van der Waals surface area contributed by atoms with Gasteiger partial charge in [-0.3, -0.25) is 0 Å². The molecule has 4 heterocycles. The molecule has 0 amide bonds. The minimum absolute atomic E-state index is 0.881. The third-order valence-electron chi connectivity index (χ3n) is 4.27. The smallest absolute Gasteiger partial charge is 0.154 e. The van der Waals surface area contributed by atoms with Gasteiger partial charge in [0, 0.05) is 31.0 Å². The molecule has 0 aliphatic carbocycles. The van der Waals surface area contributed by atoms with Crippen LogP contribution in [0.15, 0.2) is 36.7 Å². The summed E-state index contributed by atoms with van der Waals surface area (Å²) < 4.78 is 1.91. The summed E-state index contributed by atoms with van der Waals surface area (Å²) >= 11 is 0. The molecular formula is C17H19N5. The summed E-state index contributed by atoms with van der Waals surface area (Å²) in [6, 6.07) is 8.10. The summed E-state index contributed by atoms with van der Waals surface area (Å²) in [7, 11) is 0. The minimum Gasteiger partial charge on any atom is -0.357 e. The molecule has 4 rings (SSSR count). The maximum absolute atomic E-state index is 4.60. The summed E-state index contributed by atoms with van der Waals surface area (Å²) in [4.78, 5) is 11.5. The molecule has 3 aromatic heterocycles. The number of anilines is 1. The fraction of sp³-hybridized carbons (Fsp3) is 0.353. The van der Waals surface area contributed by atoms with Crippen molar-refractivity contribution in [1.82, 2.24) is 19.6 Å². The zero-order valence-corrected chi connectivity index (χ0v) is 12.7. The Bertz CT molecular complexity index is 802. The molecule has 0 bridgehead atoms. The molecule has 1 fully saturated rings. The number of hydrogen-bond donors (Lipinski definition) is 0. The molecule has 0 atom stereocenters. The lowest BCUT2D eigenvalue weighted by Crippen LogP contribution is -2.30. The van der Waals surface area contributed by atoms with Crippen molar-refractivity contribution in [3.8, 4) is 11.3 Å². The molecule has 0 saturated carbocycles. The first-order valence-electron chi connectivity index (χ1n) is 7.85. The van der Waals surface area contributed by atoms with E-state index in [1.54, 1.807) is 6.20 Å². The van der Waals surface area contributed by atoms with Crippen molar-refractivity contribution in [2.75, 3.05) is 18.0 Å². The molecule has 0 N–H and O–H groups in total. The summed E-state index contributed by atoms with van der Waals surface area (Å²) in [5.41, 5.74) is 4.05. The molecule has 3 aromatic rings. The summed E-state index contributed by atoms with van der Waals surface area (Å²) in [5, 5.41) is 4.44. The van der Waals surface area contributed by atoms with Gasteiger partial charge in [0.15, 0.2) is 5.65 Å². The van der Waals surface area contributed by atoms with Gasteiger partial charge >= 0.3 is 0 Å². The molecule has 5 heteroatoms. The van der Waals surface area contributed by atoms with Crippen molar-refractivity contribution in [3.05, 3.63) is 42.4 Å². The van der Waals surface area contributed by atoms with E-state index in [9.17, 15) is 0 Å². The lowest BCUT2D eigenvalue weighted by molar-refractivity contribution is 0.573. The quantitative estimate of drug-likeness (QED) is 0.728. The molecule has 0 spiro atoms. The zero-order valence-electron chi connectivity index (χ0n) is 12.7. The SMILES string of the molecule is Cc1nc2cccnn2c1-c1ccnc(N2CCCCC2)c1. The van der Waals surface area contributed by atoms with Crippen LogP contribution in [0.5, 0.6) is 0 Å². The number of aromatic nitrogens is 4. The first kappa shape index (κ1) is 13.2.